The highest BCUT2D eigenvalue weighted by molar-refractivity contribution is 7.87. The van der Waals surface area contributed by atoms with Gasteiger partial charge < -0.3 is 19.0 Å². The van der Waals surface area contributed by atoms with Gasteiger partial charge in [0, 0.05) is 11.4 Å². The highest BCUT2D eigenvalue weighted by Crippen LogP contribution is 2.28. The first-order valence-electron chi connectivity index (χ1n) is 12.1. The number of nitrogens with one attached hydrogen (secondary N) is 2. The average molecular weight is 581 g/mol. The van der Waals surface area contributed by atoms with Gasteiger partial charge in [-0.05, 0) is 99.5 Å². The van der Waals surface area contributed by atoms with Gasteiger partial charge in [-0.1, -0.05) is 35.4 Å². The molecule has 0 aliphatic heterocycles. The third-order valence-corrected chi connectivity index (χ3v) is 8.38. The van der Waals surface area contributed by atoms with E-state index in [4.69, 9.17) is 8.37 Å². The van der Waals surface area contributed by atoms with Crippen LogP contribution in [0.2, 0.25) is 0 Å². The SMILES string of the molecule is Cc1ccc(S(=O)(=O)Oc2ccc(NC(=O)Nc3ccc(OS(=O)(=O)c4ccc(C)cc4)c(C)c3)cc2C)cc1. The van der Waals surface area contributed by atoms with Crippen LogP contribution in [-0.4, -0.2) is 22.9 Å². The maximum atomic E-state index is 12.6. The summed E-state index contributed by atoms with van der Waals surface area (Å²) in [5.41, 5.74) is 3.68. The van der Waals surface area contributed by atoms with Crippen LogP contribution in [0.1, 0.15) is 22.3 Å². The normalized spacial score (nSPS) is 11.5. The van der Waals surface area contributed by atoms with Crippen molar-refractivity contribution in [2.45, 2.75) is 37.5 Å². The average Bonchev–Trinajstić information content (AvgIpc) is 2.88. The van der Waals surface area contributed by atoms with Crippen molar-refractivity contribution >= 4 is 37.6 Å². The minimum Gasteiger partial charge on any atom is -0.379 e. The van der Waals surface area contributed by atoms with Crippen molar-refractivity contribution in [3.8, 4) is 11.5 Å². The Hall–Kier alpha value is -4.35. The van der Waals surface area contributed by atoms with Gasteiger partial charge in [0.15, 0.2) is 0 Å². The molecule has 0 fully saturated rings. The Morgan fingerprint density at radius 2 is 0.900 bits per heavy atom. The molecule has 0 heterocycles. The predicted molar refractivity (Wildman–Crippen MR) is 153 cm³/mol. The van der Waals surface area contributed by atoms with E-state index in [-0.39, 0.29) is 21.3 Å². The van der Waals surface area contributed by atoms with Crippen molar-refractivity contribution in [1.82, 2.24) is 0 Å². The van der Waals surface area contributed by atoms with Gasteiger partial charge in [0.1, 0.15) is 21.3 Å². The summed E-state index contributed by atoms with van der Waals surface area (Å²) in [5, 5.41) is 5.35. The van der Waals surface area contributed by atoms with Crippen LogP contribution in [0.4, 0.5) is 16.2 Å². The number of urea groups is 1. The molecule has 0 aliphatic carbocycles. The lowest BCUT2D eigenvalue weighted by molar-refractivity contribution is 0.262. The van der Waals surface area contributed by atoms with E-state index in [0.29, 0.717) is 22.5 Å². The van der Waals surface area contributed by atoms with Crippen molar-refractivity contribution in [1.29, 1.82) is 0 Å². The third-order valence-electron chi connectivity index (χ3n) is 5.88. The fourth-order valence-electron chi connectivity index (χ4n) is 3.68. The first-order valence-corrected chi connectivity index (χ1v) is 15.0. The summed E-state index contributed by atoms with van der Waals surface area (Å²) in [7, 11) is -8.03. The molecule has 0 aliphatic rings. The van der Waals surface area contributed by atoms with E-state index < -0.39 is 26.3 Å². The largest absolute Gasteiger partial charge is 0.379 e. The number of rotatable bonds is 8. The molecule has 0 aromatic heterocycles. The second-order valence-corrected chi connectivity index (χ2v) is 12.3. The van der Waals surface area contributed by atoms with Gasteiger partial charge in [-0.3, -0.25) is 0 Å². The second kappa shape index (κ2) is 11.4. The summed E-state index contributed by atoms with van der Waals surface area (Å²) in [5.74, 6) is 0.275. The molecule has 4 aromatic rings. The standard InChI is InChI=1S/C29H28N2O7S2/c1-19-5-11-25(12-6-19)39(33,34)37-27-15-9-23(17-21(27)3)30-29(32)31-24-10-16-28(22(4)18-24)38-40(35,36)26-13-7-20(2)8-14-26/h5-18H,1-4H3,(H2,30,31,32). The fraction of sp³-hybridized carbons (Fsp3) is 0.138. The molecule has 0 unspecified atom stereocenters. The predicted octanol–water partition coefficient (Wildman–Crippen LogP) is 6.10. The van der Waals surface area contributed by atoms with Crippen LogP contribution in [0.5, 0.6) is 11.5 Å². The fourth-order valence-corrected chi connectivity index (χ4v) is 5.66. The number of hydrogen-bond acceptors (Lipinski definition) is 7. The number of carbonyl (C=O) groups is 1. The summed E-state index contributed by atoms with van der Waals surface area (Å²) in [6, 6.07) is 21.2. The van der Waals surface area contributed by atoms with Crippen LogP contribution in [0.3, 0.4) is 0 Å². The number of anilines is 2. The van der Waals surface area contributed by atoms with E-state index in [2.05, 4.69) is 10.6 Å². The van der Waals surface area contributed by atoms with Crippen LogP contribution in [-0.2, 0) is 20.2 Å². The lowest BCUT2D eigenvalue weighted by Crippen LogP contribution is -2.19. The van der Waals surface area contributed by atoms with E-state index >= 15 is 0 Å². The number of amides is 2. The van der Waals surface area contributed by atoms with Crippen LogP contribution < -0.4 is 19.0 Å². The maximum Gasteiger partial charge on any atom is 0.339 e. The smallest absolute Gasteiger partial charge is 0.339 e. The van der Waals surface area contributed by atoms with E-state index in [1.54, 1.807) is 50.2 Å². The Balaban J connectivity index is 1.39. The van der Waals surface area contributed by atoms with Gasteiger partial charge in [0.05, 0.1) is 0 Å². The summed E-state index contributed by atoms with van der Waals surface area (Å²) in [6.07, 6.45) is 0. The molecule has 40 heavy (non-hydrogen) atoms. The van der Waals surface area contributed by atoms with Gasteiger partial charge in [-0.2, -0.15) is 16.8 Å². The first kappa shape index (κ1) is 28.7. The van der Waals surface area contributed by atoms with E-state index in [0.717, 1.165) is 11.1 Å². The molecule has 9 nitrogen and oxygen atoms in total. The van der Waals surface area contributed by atoms with E-state index in [1.165, 1.54) is 48.5 Å². The summed E-state index contributed by atoms with van der Waals surface area (Å²) in [6.45, 7) is 7.04. The summed E-state index contributed by atoms with van der Waals surface area (Å²) >= 11 is 0. The van der Waals surface area contributed by atoms with Crippen LogP contribution in [0.15, 0.2) is 94.7 Å². The maximum absolute atomic E-state index is 12.6. The molecule has 11 heteroatoms. The second-order valence-electron chi connectivity index (χ2n) is 9.24. The van der Waals surface area contributed by atoms with Crippen LogP contribution in [0.25, 0.3) is 0 Å². The molecule has 4 rings (SSSR count). The Morgan fingerprint density at radius 3 is 1.23 bits per heavy atom. The Bertz CT molecular complexity index is 1640. The van der Waals surface area contributed by atoms with Crippen molar-refractivity contribution in [3.05, 3.63) is 107 Å². The number of carbonyl (C=O) groups excluding carboxylic acids is 1. The molecule has 4 aromatic carbocycles. The molecule has 0 bridgehead atoms. The molecule has 2 amide bonds. The quantitative estimate of drug-likeness (QED) is 0.241. The molecular weight excluding hydrogens is 552 g/mol. The van der Waals surface area contributed by atoms with E-state index in [1.807, 2.05) is 13.8 Å². The number of benzene rings is 4. The van der Waals surface area contributed by atoms with E-state index in [9.17, 15) is 21.6 Å². The third kappa shape index (κ3) is 6.99. The monoisotopic (exact) mass is 580 g/mol. The van der Waals surface area contributed by atoms with Gasteiger partial charge in [-0.15, -0.1) is 0 Å². The van der Waals surface area contributed by atoms with Gasteiger partial charge in [0.2, 0.25) is 0 Å². The zero-order chi connectivity index (χ0) is 29.1. The van der Waals surface area contributed by atoms with Crippen molar-refractivity contribution < 1.29 is 30.0 Å². The highest BCUT2D eigenvalue weighted by atomic mass is 32.2. The zero-order valence-corrected chi connectivity index (χ0v) is 23.9. The van der Waals surface area contributed by atoms with Gasteiger partial charge in [-0.25, -0.2) is 4.79 Å². The van der Waals surface area contributed by atoms with Crippen LogP contribution >= 0.6 is 0 Å². The highest BCUT2D eigenvalue weighted by Gasteiger charge is 2.19. The minimum atomic E-state index is -4.01. The number of hydrogen-bond donors (Lipinski definition) is 2. The van der Waals surface area contributed by atoms with Gasteiger partial charge >= 0.3 is 26.3 Å². The summed E-state index contributed by atoms with van der Waals surface area (Å²) in [4.78, 5) is 12.7. The van der Waals surface area contributed by atoms with Crippen molar-refractivity contribution in [2.75, 3.05) is 10.6 Å². The topological polar surface area (TPSA) is 128 Å². The minimum absolute atomic E-state index is 0.0403. The van der Waals surface area contributed by atoms with Crippen molar-refractivity contribution in [2.24, 2.45) is 0 Å². The van der Waals surface area contributed by atoms with Gasteiger partial charge in [0.25, 0.3) is 0 Å². The molecule has 0 spiro atoms. The lowest BCUT2D eigenvalue weighted by Gasteiger charge is -2.13. The molecule has 0 saturated heterocycles. The first-order chi connectivity index (χ1) is 18.8. The molecular formula is C29H28N2O7S2. The summed E-state index contributed by atoms with van der Waals surface area (Å²) < 4.78 is 61.0. The Morgan fingerprint density at radius 1 is 0.550 bits per heavy atom. The molecule has 0 atom stereocenters. The molecule has 0 radical (unpaired) electrons. The lowest BCUT2D eigenvalue weighted by atomic mass is 10.2. The molecule has 0 saturated carbocycles. The zero-order valence-electron chi connectivity index (χ0n) is 22.3. The number of aryl methyl sites for hydroxylation is 4. The van der Waals surface area contributed by atoms with Crippen molar-refractivity contribution in [3.63, 3.8) is 0 Å². The molecule has 208 valence electrons. The Labute approximate surface area is 234 Å². The molecule has 2 N–H and O–H groups in total. The van der Waals surface area contributed by atoms with Crippen LogP contribution in [0, 0.1) is 27.7 Å². The Kier molecular flexibility index (Phi) is 8.17.